The van der Waals surface area contributed by atoms with Gasteiger partial charge in [-0.15, -0.1) is 0 Å². The van der Waals surface area contributed by atoms with Crippen LogP contribution in [0.4, 0.5) is 11.4 Å². The number of hydrogen-bond donors (Lipinski definition) is 0. The van der Waals surface area contributed by atoms with Gasteiger partial charge in [-0.2, -0.15) is 0 Å². The van der Waals surface area contributed by atoms with Gasteiger partial charge < -0.3 is 4.42 Å². The quantitative estimate of drug-likeness (QED) is 0.219. The lowest BCUT2D eigenvalue weighted by Crippen LogP contribution is -1.91. The highest BCUT2D eigenvalue weighted by Crippen LogP contribution is 2.28. The molecule has 0 spiro atoms. The number of nitrogens with zero attached hydrogens (tertiary/aromatic N) is 3. The maximum Gasteiger partial charge on any atom is 0.288 e. The third-order valence-electron chi connectivity index (χ3n) is 4.51. The molecular weight excluding hydrogens is 390 g/mol. The fourth-order valence-electron chi connectivity index (χ4n) is 2.90. The Morgan fingerprint density at radius 2 is 1.93 bits per heavy atom. The number of aromatic nitrogens is 1. The zero-order valence-electron chi connectivity index (χ0n) is 15.5. The predicted octanol–water partition coefficient (Wildman–Crippen LogP) is 6.37. The molecule has 0 aliphatic carbocycles. The van der Waals surface area contributed by atoms with Crippen LogP contribution < -0.4 is 0 Å². The van der Waals surface area contributed by atoms with Crippen molar-refractivity contribution in [1.29, 1.82) is 0 Å². The second-order valence-corrected chi connectivity index (χ2v) is 6.85. The summed E-state index contributed by atoms with van der Waals surface area (Å²) in [4.78, 5) is 19.4. The molecule has 0 amide bonds. The van der Waals surface area contributed by atoms with Crippen molar-refractivity contribution in [1.82, 2.24) is 4.98 Å². The summed E-state index contributed by atoms with van der Waals surface area (Å²) in [5.74, 6) is 0.553. The fraction of sp³-hybridized carbons (Fsp3) is 0.0909. The van der Waals surface area contributed by atoms with Crippen LogP contribution >= 0.6 is 11.6 Å². The Morgan fingerprint density at radius 1 is 1.14 bits per heavy atom. The van der Waals surface area contributed by atoms with Crippen LogP contribution in [0.3, 0.4) is 0 Å². The highest BCUT2D eigenvalue weighted by molar-refractivity contribution is 6.32. The zero-order valence-corrected chi connectivity index (χ0v) is 16.3. The van der Waals surface area contributed by atoms with E-state index in [2.05, 4.69) is 29.0 Å². The molecule has 0 aliphatic rings. The maximum absolute atomic E-state index is 11.0. The Hall–Kier alpha value is -3.51. The van der Waals surface area contributed by atoms with Crippen molar-refractivity contribution in [3.05, 3.63) is 86.9 Å². The molecule has 0 saturated heterocycles. The first-order chi connectivity index (χ1) is 14.0. The van der Waals surface area contributed by atoms with Crippen molar-refractivity contribution in [2.24, 2.45) is 4.99 Å². The van der Waals surface area contributed by atoms with E-state index in [-0.39, 0.29) is 10.7 Å². The molecular formula is C22H16ClN3O3. The van der Waals surface area contributed by atoms with Crippen LogP contribution in [0.15, 0.2) is 70.1 Å². The lowest BCUT2D eigenvalue weighted by molar-refractivity contribution is -0.384. The number of hydrogen-bond acceptors (Lipinski definition) is 5. The number of oxazole rings is 1. The van der Waals surface area contributed by atoms with Crippen molar-refractivity contribution in [2.75, 3.05) is 0 Å². The average Bonchev–Trinajstić information content (AvgIpc) is 3.16. The normalized spacial score (nSPS) is 11.4. The summed E-state index contributed by atoms with van der Waals surface area (Å²) in [5, 5.41) is 11.1. The minimum atomic E-state index is -0.519. The number of nitro benzene ring substituents is 1. The van der Waals surface area contributed by atoms with Crippen molar-refractivity contribution in [3.63, 3.8) is 0 Å². The number of aryl methyl sites for hydroxylation is 1. The molecule has 1 heterocycles. The molecule has 29 heavy (non-hydrogen) atoms. The predicted molar refractivity (Wildman–Crippen MR) is 114 cm³/mol. The molecule has 0 fully saturated rings. The highest BCUT2D eigenvalue weighted by atomic mass is 35.5. The Kier molecular flexibility index (Phi) is 5.10. The Balaban J connectivity index is 1.61. The van der Waals surface area contributed by atoms with Gasteiger partial charge in [-0.25, -0.2) is 4.98 Å². The van der Waals surface area contributed by atoms with E-state index in [1.165, 1.54) is 17.7 Å². The molecule has 0 unspecified atom stereocenters. The van der Waals surface area contributed by atoms with Gasteiger partial charge in [0.2, 0.25) is 5.89 Å². The van der Waals surface area contributed by atoms with E-state index in [0.29, 0.717) is 22.7 Å². The molecule has 0 atom stereocenters. The standard InChI is InChI=1S/C22H16ClN3O3/c1-2-14-3-6-16(7-4-14)22-25-19-10-8-17(12-21(19)29-22)24-13-15-5-9-18(23)20(11-15)26(27)28/h3-13H,2H2,1H3. The van der Waals surface area contributed by atoms with E-state index in [4.69, 9.17) is 16.0 Å². The Morgan fingerprint density at radius 3 is 2.66 bits per heavy atom. The fourth-order valence-corrected chi connectivity index (χ4v) is 3.09. The SMILES string of the molecule is CCc1ccc(-c2nc3ccc(N=Cc4ccc(Cl)c([N+](=O)[O-])c4)cc3o2)cc1. The van der Waals surface area contributed by atoms with Gasteiger partial charge in [0.25, 0.3) is 5.69 Å². The maximum atomic E-state index is 11.0. The van der Waals surface area contributed by atoms with Gasteiger partial charge in [0, 0.05) is 23.9 Å². The number of fused-ring (bicyclic) bond motifs is 1. The number of halogens is 1. The van der Waals surface area contributed by atoms with E-state index in [1.54, 1.807) is 18.3 Å². The lowest BCUT2D eigenvalue weighted by Gasteiger charge is -1.98. The van der Waals surface area contributed by atoms with Crippen LogP contribution in [0.1, 0.15) is 18.1 Å². The van der Waals surface area contributed by atoms with Crippen LogP contribution in [-0.2, 0) is 6.42 Å². The second kappa shape index (κ2) is 7.85. The lowest BCUT2D eigenvalue weighted by atomic mass is 10.1. The molecule has 4 rings (SSSR count). The van der Waals surface area contributed by atoms with Crippen LogP contribution in [0.5, 0.6) is 0 Å². The molecule has 0 saturated carbocycles. The summed E-state index contributed by atoms with van der Waals surface area (Å²) in [7, 11) is 0. The smallest absolute Gasteiger partial charge is 0.288 e. The van der Waals surface area contributed by atoms with Crippen molar-refractivity contribution in [2.45, 2.75) is 13.3 Å². The summed E-state index contributed by atoms with van der Waals surface area (Å²) >= 11 is 5.84. The molecule has 4 aromatic rings. The molecule has 1 aromatic heterocycles. The van der Waals surface area contributed by atoms with Gasteiger partial charge in [-0.3, -0.25) is 15.1 Å². The minimum Gasteiger partial charge on any atom is -0.436 e. The second-order valence-electron chi connectivity index (χ2n) is 6.45. The molecule has 0 N–H and O–H groups in total. The summed E-state index contributed by atoms with van der Waals surface area (Å²) in [6.45, 7) is 2.11. The van der Waals surface area contributed by atoms with Crippen LogP contribution in [0.25, 0.3) is 22.6 Å². The van der Waals surface area contributed by atoms with Crippen molar-refractivity contribution in [3.8, 4) is 11.5 Å². The molecule has 144 valence electrons. The third kappa shape index (κ3) is 4.02. The van der Waals surface area contributed by atoms with Gasteiger partial charge in [0.05, 0.1) is 10.6 Å². The molecule has 3 aromatic carbocycles. The zero-order chi connectivity index (χ0) is 20.4. The van der Waals surface area contributed by atoms with Gasteiger partial charge >= 0.3 is 0 Å². The monoisotopic (exact) mass is 405 g/mol. The molecule has 7 heteroatoms. The van der Waals surface area contributed by atoms with Crippen molar-refractivity contribution < 1.29 is 9.34 Å². The Bertz CT molecular complexity index is 1230. The summed E-state index contributed by atoms with van der Waals surface area (Å²) < 4.78 is 5.89. The Labute approximate surface area is 171 Å². The van der Waals surface area contributed by atoms with Crippen LogP contribution in [0.2, 0.25) is 5.02 Å². The summed E-state index contributed by atoms with van der Waals surface area (Å²) in [6.07, 6.45) is 2.53. The van der Waals surface area contributed by atoms with E-state index in [9.17, 15) is 10.1 Å². The van der Waals surface area contributed by atoms with Crippen LogP contribution in [0, 0.1) is 10.1 Å². The largest absolute Gasteiger partial charge is 0.436 e. The summed E-state index contributed by atoms with van der Waals surface area (Å²) in [5.41, 5.74) is 4.60. The average molecular weight is 406 g/mol. The first kappa shape index (κ1) is 18.8. The minimum absolute atomic E-state index is 0.0923. The van der Waals surface area contributed by atoms with Gasteiger partial charge in [0.15, 0.2) is 5.58 Å². The first-order valence-electron chi connectivity index (χ1n) is 9.01. The number of nitro groups is 1. The van der Waals surface area contributed by atoms with Gasteiger partial charge in [-0.05, 0) is 47.9 Å². The van der Waals surface area contributed by atoms with Crippen LogP contribution in [-0.4, -0.2) is 16.1 Å². The van der Waals surface area contributed by atoms with E-state index in [0.717, 1.165) is 17.5 Å². The van der Waals surface area contributed by atoms with Crippen molar-refractivity contribution >= 4 is 40.3 Å². The molecule has 0 radical (unpaired) electrons. The third-order valence-corrected chi connectivity index (χ3v) is 4.83. The highest BCUT2D eigenvalue weighted by Gasteiger charge is 2.12. The molecule has 0 aliphatic heterocycles. The van der Waals surface area contributed by atoms with E-state index < -0.39 is 4.92 Å². The molecule has 6 nitrogen and oxygen atoms in total. The van der Waals surface area contributed by atoms with Gasteiger partial charge in [-0.1, -0.05) is 36.7 Å². The number of rotatable bonds is 5. The van der Waals surface area contributed by atoms with E-state index in [1.807, 2.05) is 24.3 Å². The molecule has 0 bridgehead atoms. The number of aliphatic imine (C=N–C) groups is 1. The topological polar surface area (TPSA) is 81.5 Å². The van der Waals surface area contributed by atoms with E-state index >= 15 is 0 Å². The van der Waals surface area contributed by atoms with Gasteiger partial charge in [0.1, 0.15) is 10.5 Å². The first-order valence-corrected chi connectivity index (χ1v) is 9.39. The number of benzene rings is 3. The summed E-state index contributed by atoms with van der Waals surface area (Å²) in [6, 6.07) is 18.1.